The summed E-state index contributed by atoms with van der Waals surface area (Å²) in [5, 5.41) is 3.42. The SMILES string of the molecule is Cc1nc(CN[C@@H]2CC=CC[C@H]2C(N)=O)n(C)c1C. The molecule has 1 amide bonds. The molecule has 5 heteroatoms. The minimum Gasteiger partial charge on any atom is -0.369 e. The minimum absolute atomic E-state index is 0.111. The number of aromatic nitrogens is 2. The molecule has 104 valence electrons. The first kappa shape index (κ1) is 13.8. The maximum absolute atomic E-state index is 11.4. The van der Waals surface area contributed by atoms with Crippen molar-refractivity contribution in [1.29, 1.82) is 0 Å². The summed E-state index contributed by atoms with van der Waals surface area (Å²) < 4.78 is 2.08. The van der Waals surface area contributed by atoms with Gasteiger partial charge in [-0.1, -0.05) is 12.2 Å². The van der Waals surface area contributed by atoms with E-state index < -0.39 is 0 Å². The van der Waals surface area contributed by atoms with Crippen molar-refractivity contribution in [3.63, 3.8) is 0 Å². The van der Waals surface area contributed by atoms with Gasteiger partial charge in [0.1, 0.15) is 5.82 Å². The molecule has 0 aromatic carbocycles. The Morgan fingerprint density at radius 1 is 1.47 bits per heavy atom. The predicted molar refractivity (Wildman–Crippen MR) is 74.4 cm³/mol. The summed E-state index contributed by atoms with van der Waals surface area (Å²) in [4.78, 5) is 16.0. The van der Waals surface area contributed by atoms with Crippen molar-refractivity contribution in [2.75, 3.05) is 0 Å². The fourth-order valence-corrected chi connectivity index (χ4v) is 2.52. The Kier molecular flexibility index (Phi) is 4.04. The number of nitrogens with two attached hydrogens (primary N) is 1. The van der Waals surface area contributed by atoms with E-state index in [9.17, 15) is 4.79 Å². The van der Waals surface area contributed by atoms with Gasteiger partial charge in [-0.2, -0.15) is 0 Å². The zero-order valence-electron chi connectivity index (χ0n) is 11.8. The van der Waals surface area contributed by atoms with Crippen molar-refractivity contribution in [2.45, 2.75) is 39.3 Å². The summed E-state index contributed by atoms with van der Waals surface area (Å²) in [5.41, 5.74) is 7.67. The number of imidazole rings is 1. The smallest absolute Gasteiger partial charge is 0.222 e. The maximum Gasteiger partial charge on any atom is 0.222 e. The Balaban J connectivity index is 2.03. The Bertz CT molecular complexity index is 504. The van der Waals surface area contributed by atoms with Crippen LogP contribution in [0.25, 0.3) is 0 Å². The van der Waals surface area contributed by atoms with Crippen LogP contribution in [0, 0.1) is 19.8 Å². The second-order valence-electron chi connectivity index (χ2n) is 5.20. The average molecular weight is 262 g/mol. The lowest BCUT2D eigenvalue weighted by molar-refractivity contribution is -0.122. The molecule has 5 nitrogen and oxygen atoms in total. The van der Waals surface area contributed by atoms with Crippen molar-refractivity contribution >= 4 is 5.91 Å². The Labute approximate surface area is 113 Å². The van der Waals surface area contributed by atoms with Crippen LogP contribution in [0.5, 0.6) is 0 Å². The number of hydrogen-bond donors (Lipinski definition) is 2. The van der Waals surface area contributed by atoms with E-state index in [4.69, 9.17) is 5.73 Å². The zero-order chi connectivity index (χ0) is 14.0. The summed E-state index contributed by atoms with van der Waals surface area (Å²) in [6.45, 7) is 4.73. The molecule has 1 aromatic rings. The summed E-state index contributed by atoms with van der Waals surface area (Å²) in [7, 11) is 2.01. The van der Waals surface area contributed by atoms with Crippen LogP contribution in [-0.2, 0) is 18.4 Å². The minimum atomic E-state index is -0.228. The molecule has 0 bridgehead atoms. The van der Waals surface area contributed by atoms with Gasteiger partial charge in [0.25, 0.3) is 0 Å². The third-order valence-corrected chi connectivity index (χ3v) is 4.03. The fourth-order valence-electron chi connectivity index (χ4n) is 2.52. The van der Waals surface area contributed by atoms with Crippen molar-refractivity contribution in [3.05, 3.63) is 29.4 Å². The first-order valence-electron chi connectivity index (χ1n) is 6.67. The van der Waals surface area contributed by atoms with Gasteiger partial charge in [0.2, 0.25) is 5.91 Å². The van der Waals surface area contributed by atoms with Crippen molar-refractivity contribution < 1.29 is 4.79 Å². The number of amides is 1. The van der Waals surface area contributed by atoms with E-state index >= 15 is 0 Å². The molecule has 1 aliphatic rings. The monoisotopic (exact) mass is 262 g/mol. The van der Waals surface area contributed by atoms with E-state index in [-0.39, 0.29) is 17.9 Å². The zero-order valence-corrected chi connectivity index (χ0v) is 11.8. The number of allylic oxidation sites excluding steroid dienone is 1. The topological polar surface area (TPSA) is 72.9 Å². The molecule has 0 fully saturated rings. The molecule has 0 radical (unpaired) electrons. The van der Waals surface area contributed by atoms with E-state index in [1.54, 1.807) is 0 Å². The Morgan fingerprint density at radius 2 is 2.16 bits per heavy atom. The predicted octanol–water partition coefficient (Wildman–Crippen LogP) is 0.947. The van der Waals surface area contributed by atoms with Crippen LogP contribution in [0.2, 0.25) is 0 Å². The largest absolute Gasteiger partial charge is 0.369 e. The molecule has 1 aromatic heterocycles. The first-order valence-corrected chi connectivity index (χ1v) is 6.67. The Hall–Kier alpha value is -1.62. The molecule has 2 atom stereocenters. The number of aryl methyl sites for hydroxylation is 1. The van der Waals surface area contributed by atoms with Gasteiger partial charge >= 0.3 is 0 Å². The molecule has 0 spiro atoms. The van der Waals surface area contributed by atoms with Gasteiger partial charge in [-0.15, -0.1) is 0 Å². The molecular weight excluding hydrogens is 240 g/mol. The van der Waals surface area contributed by atoms with Crippen LogP contribution < -0.4 is 11.1 Å². The second-order valence-corrected chi connectivity index (χ2v) is 5.20. The number of carbonyl (C=O) groups excluding carboxylic acids is 1. The number of carbonyl (C=O) groups is 1. The summed E-state index contributed by atoms with van der Waals surface area (Å²) in [6, 6.07) is 0.111. The van der Waals surface area contributed by atoms with Gasteiger partial charge in [-0.05, 0) is 26.7 Å². The number of primary amides is 1. The van der Waals surface area contributed by atoms with E-state index in [1.165, 1.54) is 5.69 Å². The normalized spacial score (nSPS) is 22.7. The third kappa shape index (κ3) is 2.87. The van der Waals surface area contributed by atoms with E-state index in [1.807, 2.05) is 20.0 Å². The number of nitrogens with zero attached hydrogens (tertiary/aromatic N) is 2. The van der Waals surface area contributed by atoms with Gasteiger partial charge < -0.3 is 15.6 Å². The molecule has 19 heavy (non-hydrogen) atoms. The quantitative estimate of drug-likeness (QED) is 0.793. The molecule has 1 aliphatic carbocycles. The highest BCUT2D eigenvalue weighted by atomic mass is 16.1. The summed E-state index contributed by atoms with van der Waals surface area (Å²) in [5.74, 6) is 0.647. The lowest BCUT2D eigenvalue weighted by Gasteiger charge is -2.26. The maximum atomic E-state index is 11.4. The average Bonchev–Trinajstić information content (AvgIpc) is 2.64. The number of nitrogens with one attached hydrogen (secondary N) is 1. The van der Waals surface area contributed by atoms with Gasteiger partial charge in [0, 0.05) is 18.8 Å². The lowest BCUT2D eigenvalue weighted by Crippen LogP contribution is -2.43. The van der Waals surface area contributed by atoms with Crippen molar-refractivity contribution in [3.8, 4) is 0 Å². The van der Waals surface area contributed by atoms with Crippen LogP contribution in [0.3, 0.4) is 0 Å². The van der Waals surface area contributed by atoms with Crippen molar-refractivity contribution in [1.82, 2.24) is 14.9 Å². The summed E-state index contributed by atoms with van der Waals surface area (Å²) in [6.07, 6.45) is 5.70. The number of hydrogen-bond acceptors (Lipinski definition) is 3. The molecule has 0 unspecified atom stereocenters. The molecule has 3 N–H and O–H groups in total. The van der Waals surface area contributed by atoms with Gasteiger partial charge in [0.15, 0.2) is 0 Å². The van der Waals surface area contributed by atoms with E-state index in [2.05, 4.69) is 27.9 Å². The van der Waals surface area contributed by atoms with Crippen LogP contribution in [0.1, 0.15) is 30.1 Å². The third-order valence-electron chi connectivity index (χ3n) is 4.03. The van der Waals surface area contributed by atoms with Gasteiger partial charge in [-0.3, -0.25) is 4.79 Å². The molecule has 2 rings (SSSR count). The second kappa shape index (κ2) is 5.57. The first-order chi connectivity index (χ1) is 9.00. The molecule has 0 saturated heterocycles. The molecule has 0 aliphatic heterocycles. The van der Waals surface area contributed by atoms with Crippen LogP contribution in [-0.4, -0.2) is 21.5 Å². The van der Waals surface area contributed by atoms with E-state index in [0.717, 1.165) is 24.4 Å². The van der Waals surface area contributed by atoms with Gasteiger partial charge in [0.05, 0.1) is 18.2 Å². The highest BCUT2D eigenvalue weighted by Crippen LogP contribution is 2.19. The molecule has 1 heterocycles. The van der Waals surface area contributed by atoms with Crippen molar-refractivity contribution in [2.24, 2.45) is 18.7 Å². The van der Waals surface area contributed by atoms with E-state index in [0.29, 0.717) is 6.54 Å². The van der Waals surface area contributed by atoms with Gasteiger partial charge in [-0.25, -0.2) is 4.98 Å². The lowest BCUT2D eigenvalue weighted by atomic mass is 9.88. The van der Waals surface area contributed by atoms with Crippen LogP contribution in [0.15, 0.2) is 12.2 Å². The highest BCUT2D eigenvalue weighted by molar-refractivity contribution is 5.77. The standard InChI is InChI=1S/C14H22N4O/c1-9-10(2)18(3)13(17-9)8-16-12-7-5-4-6-11(12)14(15)19/h4-5,11-12,16H,6-8H2,1-3H3,(H2,15,19)/t11-,12-/m1/s1. The number of rotatable bonds is 4. The van der Waals surface area contributed by atoms with Crippen LogP contribution >= 0.6 is 0 Å². The molecule has 0 saturated carbocycles. The Morgan fingerprint density at radius 3 is 2.74 bits per heavy atom. The molecular formula is C14H22N4O. The highest BCUT2D eigenvalue weighted by Gasteiger charge is 2.26. The van der Waals surface area contributed by atoms with Crippen LogP contribution in [0.4, 0.5) is 0 Å². The summed E-state index contributed by atoms with van der Waals surface area (Å²) >= 11 is 0. The fraction of sp³-hybridized carbons (Fsp3) is 0.571.